The molecule has 0 radical (unpaired) electrons. The molecule has 96 valence electrons. The maximum absolute atomic E-state index is 6.14. The van der Waals surface area contributed by atoms with Crippen molar-refractivity contribution in [2.75, 3.05) is 39.2 Å². The minimum atomic E-state index is 0.661. The summed E-state index contributed by atoms with van der Waals surface area (Å²) < 4.78 is 5.20. The molecular formula is C13H21ClN2O. The minimum Gasteiger partial charge on any atom is -0.495 e. The van der Waals surface area contributed by atoms with Crippen LogP contribution in [0, 0.1) is 6.92 Å². The van der Waals surface area contributed by atoms with Gasteiger partial charge in [-0.25, -0.2) is 0 Å². The molecule has 0 unspecified atom stereocenters. The number of hydrogen-bond acceptors (Lipinski definition) is 3. The van der Waals surface area contributed by atoms with Crippen molar-refractivity contribution in [1.82, 2.24) is 5.32 Å². The number of hydrogen-bond donors (Lipinski definition) is 1. The highest BCUT2D eigenvalue weighted by molar-refractivity contribution is 6.32. The fourth-order valence-electron chi connectivity index (χ4n) is 1.83. The van der Waals surface area contributed by atoms with Crippen molar-refractivity contribution in [1.29, 1.82) is 0 Å². The molecule has 17 heavy (non-hydrogen) atoms. The van der Waals surface area contributed by atoms with Crippen LogP contribution < -0.4 is 15.0 Å². The van der Waals surface area contributed by atoms with Crippen LogP contribution in [0.2, 0.25) is 5.02 Å². The topological polar surface area (TPSA) is 24.5 Å². The highest BCUT2D eigenvalue weighted by Gasteiger charge is 2.09. The molecule has 1 aromatic carbocycles. The van der Waals surface area contributed by atoms with Crippen LogP contribution in [0.4, 0.5) is 5.69 Å². The van der Waals surface area contributed by atoms with Gasteiger partial charge in [0, 0.05) is 19.3 Å². The van der Waals surface area contributed by atoms with E-state index in [-0.39, 0.29) is 0 Å². The molecule has 4 heteroatoms. The fraction of sp³-hybridized carbons (Fsp3) is 0.538. The lowest BCUT2D eigenvalue weighted by atomic mass is 10.1. The van der Waals surface area contributed by atoms with Crippen LogP contribution >= 0.6 is 11.6 Å². The zero-order valence-corrected chi connectivity index (χ0v) is 11.8. The molecule has 0 aliphatic rings. The summed E-state index contributed by atoms with van der Waals surface area (Å²) in [6, 6.07) is 3.95. The first-order valence-electron chi connectivity index (χ1n) is 5.80. The van der Waals surface area contributed by atoms with Crippen molar-refractivity contribution >= 4 is 17.3 Å². The molecule has 1 N–H and O–H groups in total. The second kappa shape index (κ2) is 6.72. The predicted octanol–water partition coefficient (Wildman–Crippen LogP) is 2.70. The molecule has 3 nitrogen and oxygen atoms in total. The van der Waals surface area contributed by atoms with E-state index in [9.17, 15) is 0 Å². The highest BCUT2D eigenvalue weighted by Crippen LogP contribution is 2.32. The average Bonchev–Trinajstić information content (AvgIpc) is 2.31. The Kier molecular flexibility index (Phi) is 5.59. The van der Waals surface area contributed by atoms with Crippen molar-refractivity contribution in [2.24, 2.45) is 0 Å². The molecule has 1 rings (SSSR count). The zero-order valence-electron chi connectivity index (χ0n) is 11.0. The van der Waals surface area contributed by atoms with Gasteiger partial charge in [0.15, 0.2) is 0 Å². The van der Waals surface area contributed by atoms with Crippen LogP contribution in [0.3, 0.4) is 0 Å². The van der Waals surface area contributed by atoms with Gasteiger partial charge in [-0.15, -0.1) is 0 Å². The second-order valence-electron chi connectivity index (χ2n) is 4.15. The van der Waals surface area contributed by atoms with E-state index in [0.717, 1.165) is 30.9 Å². The Balaban J connectivity index is 2.79. The molecule has 0 atom stereocenters. The largest absolute Gasteiger partial charge is 0.495 e. The van der Waals surface area contributed by atoms with Crippen LogP contribution in [0.15, 0.2) is 12.1 Å². The molecule has 0 bridgehead atoms. The molecular weight excluding hydrogens is 236 g/mol. The van der Waals surface area contributed by atoms with Crippen LogP contribution in [-0.2, 0) is 0 Å². The van der Waals surface area contributed by atoms with E-state index < -0.39 is 0 Å². The number of nitrogens with one attached hydrogen (secondary N) is 1. The summed E-state index contributed by atoms with van der Waals surface area (Å²) in [5.74, 6) is 0.733. The molecule has 0 fully saturated rings. The van der Waals surface area contributed by atoms with E-state index in [1.54, 1.807) is 7.11 Å². The monoisotopic (exact) mass is 256 g/mol. The van der Waals surface area contributed by atoms with Crippen LogP contribution in [-0.4, -0.2) is 34.3 Å². The lowest BCUT2D eigenvalue weighted by Crippen LogP contribution is -2.22. The highest BCUT2D eigenvalue weighted by atomic mass is 35.5. The van der Waals surface area contributed by atoms with E-state index >= 15 is 0 Å². The number of anilines is 1. The van der Waals surface area contributed by atoms with Crippen molar-refractivity contribution < 1.29 is 4.74 Å². The molecule has 0 aliphatic carbocycles. The molecule has 0 amide bonds. The van der Waals surface area contributed by atoms with Gasteiger partial charge in [-0.1, -0.05) is 11.6 Å². The maximum atomic E-state index is 6.14. The summed E-state index contributed by atoms with van der Waals surface area (Å²) in [6.07, 6.45) is 1.11. The van der Waals surface area contributed by atoms with Crippen LogP contribution in [0.25, 0.3) is 0 Å². The van der Waals surface area contributed by atoms with Gasteiger partial charge in [0.1, 0.15) is 5.75 Å². The Morgan fingerprint density at radius 2 is 2.12 bits per heavy atom. The summed E-state index contributed by atoms with van der Waals surface area (Å²) in [5, 5.41) is 3.81. The number of benzene rings is 1. The van der Waals surface area contributed by atoms with E-state index in [2.05, 4.69) is 24.2 Å². The maximum Gasteiger partial charge on any atom is 0.137 e. The third-order valence-electron chi connectivity index (χ3n) is 2.80. The van der Waals surface area contributed by atoms with Gasteiger partial charge < -0.3 is 15.0 Å². The number of ether oxygens (including phenoxy) is 1. The fourth-order valence-corrected chi connectivity index (χ4v) is 2.06. The molecule has 0 saturated heterocycles. The van der Waals surface area contributed by atoms with Gasteiger partial charge in [-0.3, -0.25) is 0 Å². The third-order valence-corrected chi connectivity index (χ3v) is 3.10. The molecule has 0 saturated carbocycles. The Bertz CT molecular complexity index is 369. The lowest BCUT2D eigenvalue weighted by Gasteiger charge is -2.22. The van der Waals surface area contributed by atoms with Crippen molar-refractivity contribution in [3.63, 3.8) is 0 Å². The Morgan fingerprint density at radius 1 is 1.41 bits per heavy atom. The quantitative estimate of drug-likeness (QED) is 0.792. The van der Waals surface area contributed by atoms with Crippen LogP contribution in [0.5, 0.6) is 5.75 Å². The Hall–Kier alpha value is -0.930. The van der Waals surface area contributed by atoms with E-state index in [1.807, 2.05) is 19.2 Å². The van der Waals surface area contributed by atoms with E-state index in [4.69, 9.17) is 16.3 Å². The first-order valence-corrected chi connectivity index (χ1v) is 6.17. The molecule has 0 aliphatic heterocycles. The third kappa shape index (κ3) is 3.79. The second-order valence-corrected chi connectivity index (χ2v) is 4.56. The van der Waals surface area contributed by atoms with Crippen LogP contribution in [0.1, 0.15) is 12.0 Å². The number of aryl methyl sites for hydroxylation is 1. The Morgan fingerprint density at radius 3 is 2.71 bits per heavy atom. The van der Waals surface area contributed by atoms with Gasteiger partial charge in [0.05, 0.1) is 12.1 Å². The van der Waals surface area contributed by atoms with E-state index in [0.29, 0.717) is 5.02 Å². The number of rotatable bonds is 6. The molecule has 0 spiro atoms. The van der Waals surface area contributed by atoms with E-state index in [1.165, 1.54) is 5.56 Å². The Labute approximate surface area is 109 Å². The van der Waals surface area contributed by atoms with Crippen molar-refractivity contribution in [2.45, 2.75) is 13.3 Å². The summed E-state index contributed by atoms with van der Waals surface area (Å²) >= 11 is 6.14. The van der Waals surface area contributed by atoms with Gasteiger partial charge >= 0.3 is 0 Å². The number of methoxy groups -OCH3 is 1. The zero-order chi connectivity index (χ0) is 12.8. The molecule has 0 heterocycles. The smallest absolute Gasteiger partial charge is 0.137 e. The first-order chi connectivity index (χ1) is 8.10. The van der Waals surface area contributed by atoms with Crippen molar-refractivity contribution in [3.8, 4) is 5.75 Å². The summed E-state index contributed by atoms with van der Waals surface area (Å²) in [6.45, 7) is 4.10. The van der Waals surface area contributed by atoms with Gasteiger partial charge in [0.25, 0.3) is 0 Å². The first kappa shape index (κ1) is 14.1. The molecule has 0 aromatic heterocycles. The standard InChI is InChI=1S/C13H21ClN2O/c1-10-8-13(17-4)11(14)9-12(10)16(3)7-5-6-15-2/h8-9,15H,5-7H2,1-4H3. The number of nitrogens with zero attached hydrogens (tertiary/aromatic N) is 1. The summed E-state index contributed by atoms with van der Waals surface area (Å²) in [4.78, 5) is 2.22. The molecule has 1 aromatic rings. The average molecular weight is 257 g/mol. The minimum absolute atomic E-state index is 0.661. The lowest BCUT2D eigenvalue weighted by molar-refractivity contribution is 0.414. The van der Waals surface area contributed by atoms with Crippen molar-refractivity contribution in [3.05, 3.63) is 22.7 Å². The number of halogens is 1. The predicted molar refractivity (Wildman–Crippen MR) is 74.6 cm³/mol. The van der Waals surface area contributed by atoms with Gasteiger partial charge in [-0.05, 0) is 44.6 Å². The van der Waals surface area contributed by atoms with Gasteiger partial charge in [0.2, 0.25) is 0 Å². The summed E-state index contributed by atoms with van der Waals surface area (Å²) in [5.41, 5.74) is 2.34. The van der Waals surface area contributed by atoms with Gasteiger partial charge in [-0.2, -0.15) is 0 Å². The normalized spacial score (nSPS) is 10.4. The summed E-state index contributed by atoms with van der Waals surface area (Å²) in [7, 11) is 5.69. The SMILES string of the molecule is CNCCCN(C)c1cc(Cl)c(OC)cc1C.